The maximum atomic E-state index is 5.34. The van der Waals surface area contributed by atoms with Crippen LogP contribution in [0, 0.1) is 3.57 Å². The van der Waals surface area contributed by atoms with Gasteiger partial charge in [-0.05, 0) is 122 Å². The number of aromatic nitrogens is 4. The Morgan fingerprint density at radius 2 is 0.450 bits per heavy atom. The Bertz CT molecular complexity index is 2610. The largest absolute Gasteiger partial charge is 0.172 e. The zero-order chi connectivity index (χ0) is 70.2. The summed E-state index contributed by atoms with van der Waals surface area (Å²) in [6.07, 6.45) is 94.7. The SMILES string of the molecule is CCCCCCCCCCCCCCCCCCC1(CCCCCCCCCCCCCCCCCC)c2cc3c(cc2-c2c1cc(Br)c1nsnc21)C(CCCCCCCCCCCCCCCCCC)(CCCCCCCCCCCCCCCCCC)c1cc(I)c2nsnc2c1-3. The lowest BCUT2D eigenvalue weighted by Crippen LogP contribution is -2.27. The summed E-state index contributed by atoms with van der Waals surface area (Å²) in [5, 5.41) is 0. The number of benzene rings is 3. The summed E-state index contributed by atoms with van der Waals surface area (Å²) in [5.74, 6) is 0. The van der Waals surface area contributed by atoms with E-state index in [9.17, 15) is 0 Å². The quantitative estimate of drug-likeness (QED) is 0.0288. The van der Waals surface area contributed by atoms with Crippen LogP contribution in [-0.4, -0.2) is 17.5 Å². The van der Waals surface area contributed by atoms with Crippen molar-refractivity contribution in [3.05, 3.63) is 54.6 Å². The Hall–Kier alpha value is -1.49. The molecule has 0 radical (unpaired) electrons. The van der Waals surface area contributed by atoms with Gasteiger partial charge >= 0.3 is 0 Å². The topological polar surface area (TPSA) is 51.6 Å². The maximum Gasteiger partial charge on any atom is 0.119 e. The number of fused-ring (bicyclic) bond motifs is 10. The first kappa shape index (κ1) is 85.8. The molecule has 5 aromatic rings. The Balaban J connectivity index is 1.10. The van der Waals surface area contributed by atoms with Crippen molar-refractivity contribution in [3.63, 3.8) is 0 Å². The third-order valence-electron chi connectivity index (χ3n) is 24.6. The van der Waals surface area contributed by atoms with Gasteiger partial charge < -0.3 is 0 Å². The fourth-order valence-corrected chi connectivity index (χ4v) is 21.0. The van der Waals surface area contributed by atoms with Gasteiger partial charge in [0.15, 0.2) is 0 Å². The number of rotatable bonds is 68. The van der Waals surface area contributed by atoms with Crippen molar-refractivity contribution in [1.29, 1.82) is 0 Å². The van der Waals surface area contributed by atoms with Crippen LogP contribution < -0.4 is 0 Å². The molecule has 0 aliphatic heterocycles. The van der Waals surface area contributed by atoms with Crippen molar-refractivity contribution >= 4 is 84.0 Å². The molecule has 0 saturated carbocycles. The van der Waals surface area contributed by atoms with Crippen molar-refractivity contribution in [2.75, 3.05) is 0 Å². The van der Waals surface area contributed by atoms with Crippen molar-refractivity contribution in [3.8, 4) is 22.3 Å². The first-order valence-corrected chi connectivity index (χ1v) is 47.9. The zero-order valence-electron chi connectivity index (χ0n) is 65.8. The Labute approximate surface area is 648 Å². The van der Waals surface area contributed by atoms with Gasteiger partial charge in [-0.2, -0.15) is 17.5 Å². The Kier molecular flexibility index (Phi) is 45.7. The number of unbranched alkanes of at least 4 members (excludes halogenated alkanes) is 60. The van der Waals surface area contributed by atoms with Crippen LogP contribution in [0.15, 0.2) is 28.7 Å². The van der Waals surface area contributed by atoms with Crippen molar-refractivity contribution in [2.24, 2.45) is 0 Å². The van der Waals surface area contributed by atoms with Gasteiger partial charge in [-0.15, -0.1) is 0 Å². The zero-order valence-corrected chi connectivity index (χ0v) is 71.1. The second kappa shape index (κ2) is 53.3. The average molecular weight is 1590 g/mol. The van der Waals surface area contributed by atoms with E-state index in [1.807, 2.05) is 0 Å². The molecule has 0 fully saturated rings. The molecule has 8 heteroatoms. The molecule has 0 atom stereocenters. The third-order valence-corrected chi connectivity index (χ3v) is 27.1. The summed E-state index contributed by atoms with van der Waals surface area (Å²) in [7, 11) is 0. The smallest absolute Gasteiger partial charge is 0.119 e. The van der Waals surface area contributed by atoms with Crippen molar-refractivity contribution in [1.82, 2.24) is 17.5 Å². The summed E-state index contributed by atoms with van der Waals surface area (Å²) in [6.45, 7) is 9.32. The van der Waals surface area contributed by atoms with Gasteiger partial charge in [0.25, 0.3) is 0 Å². The fraction of sp³-hybridized carbons (Fsp3) is 0.804. The Morgan fingerprint density at radius 3 is 0.700 bits per heavy atom. The molecule has 0 spiro atoms. The Morgan fingerprint density at radius 1 is 0.250 bits per heavy atom. The highest BCUT2D eigenvalue weighted by atomic mass is 127. The van der Waals surface area contributed by atoms with E-state index in [1.54, 1.807) is 22.3 Å². The van der Waals surface area contributed by atoms with E-state index in [0.29, 0.717) is 0 Å². The highest BCUT2D eigenvalue weighted by Gasteiger charge is 2.50. The third kappa shape index (κ3) is 28.9. The van der Waals surface area contributed by atoms with Gasteiger partial charge in [-0.3, -0.25) is 0 Å². The molecular weight excluding hydrogens is 1430 g/mol. The monoisotopic (exact) mass is 1580 g/mol. The summed E-state index contributed by atoms with van der Waals surface area (Å²) in [4.78, 5) is 0. The first-order valence-electron chi connectivity index (χ1n) is 44.6. The molecule has 0 saturated heterocycles. The normalized spacial score (nSPS) is 13.6. The fourth-order valence-electron chi connectivity index (χ4n) is 18.4. The van der Waals surface area contributed by atoms with Crippen molar-refractivity contribution < 1.29 is 0 Å². The summed E-state index contributed by atoms with van der Waals surface area (Å²) in [5.41, 5.74) is 16.5. The van der Waals surface area contributed by atoms with E-state index in [0.717, 1.165) is 21.0 Å². The molecule has 3 aromatic carbocycles. The number of nitrogens with zero attached hydrogens (tertiary/aromatic N) is 4. The number of hydrogen-bond donors (Lipinski definition) is 0. The van der Waals surface area contributed by atoms with Gasteiger partial charge in [0, 0.05) is 30.0 Å². The van der Waals surface area contributed by atoms with Gasteiger partial charge in [0.2, 0.25) is 0 Å². The van der Waals surface area contributed by atoms with Crippen LogP contribution in [-0.2, 0) is 10.8 Å². The molecule has 0 unspecified atom stereocenters. The lowest BCUT2D eigenvalue weighted by atomic mass is 9.68. The molecule has 0 amide bonds. The molecule has 4 nitrogen and oxygen atoms in total. The molecule has 2 heterocycles. The van der Waals surface area contributed by atoms with Crippen LogP contribution in [0.3, 0.4) is 0 Å². The van der Waals surface area contributed by atoms with E-state index in [1.165, 1.54) is 491 Å². The van der Waals surface area contributed by atoms with E-state index < -0.39 is 0 Å². The van der Waals surface area contributed by atoms with Gasteiger partial charge in [0.05, 0.1) is 23.5 Å². The van der Waals surface area contributed by atoms with Gasteiger partial charge in [0.1, 0.15) is 22.1 Å². The lowest BCUT2D eigenvalue weighted by Gasteiger charge is -2.35. The van der Waals surface area contributed by atoms with Crippen LogP contribution in [0.25, 0.3) is 44.3 Å². The highest BCUT2D eigenvalue weighted by Crippen LogP contribution is 2.63. The minimum Gasteiger partial charge on any atom is -0.172 e. The predicted octanol–water partition coefficient (Wildman–Crippen LogP) is 34.2. The van der Waals surface area contributed by atoms with E-state index in [2.05, 4.69) is 90.5 Å². The molecule has 2 aliphatic rings. The van der Waals surface area contributed by atoms with Crippen molar-refractivity contribution in [2.45, 2.75) is 475 Å². The predicted molar refractivity (Wildman–Crippen MR) is 458 cm³/mol. The average Bonchev–Trinajstić information content (AvgIpc) is 1.52. The second-order valence-electron chi connectivity index (χ2n) is 32.8. The summed E-state index contributed by atoms with van der Waals surface area (Å²) >= 11 is 9.70. The molecule has 100 heavy (non-hydrogen) atoms. The van der Waals surface area contributed by atoms with Gasteiger partial charge in [-0.25, -0.2) is 0 Å². The number of halogens is 2. The van der Waals surface area contributed by atoms with E-state index >= 15 is 0 Å². The molecule has 2 aliphatic carbocycles. The van der Waals surface area contributed by atoms with Crippen LogP contribution in [0.2, 0.25) is 0 Å². The van der Waals surface area contributed by atoms with Crippen LogP contribution in [0.1, 0.15) is 487 Å². The molecule has 2 aromatic heterocycles. The maximum absolute atomic E-state index is 5.34. The second-order valence-corrected chi connectivity index (χ2v) is 35.9. The molecular formula is C92H152BrIN4S2. The standard InChI is InChI=1S/C92H152BrIN4S2/c1-5-9-13-17-21-25-29-33-37-41-45-49-53-57-61-65-69-91(70-66-62-58-54-50-46-42-38-34-30-26-22-18-14-10-6-2)79-74-78-80(73-77(79)85-81(91)75-83(93)87-89(85)97-99-95-87)92(82-76-84(94)88-90(86(78)82)98-100-96-88,71-67-63-59-55-51-47-43-39-35-31-27-23-19-15-11-7-3)72-68-64-60-56-52-48-44-40-36-32-28-24-20-16-12-8-4/h73-76H,5-72H2,1-4H3. The minimum atomic E-state index is -0.0815. The lowest BCUT2D eigenvalue weighted by molar-refractivity contribution is 0.393. The van der Waals surface area contributed by atoms with Crippen LogP contribution in [0.5, 0.6) is 0 Å². The molecule has 7 rings (SSSR count). The molecule has 0 N–H and O–H groups in total. The molecule has 0 bridgehead atoms. The number of hydrogen-bond acceptors (Lipinski definition) is 6. The van der Waals surface area contributed by atoms with Gasteiger partial charge in [-0.1, -0.05) is 439 Å². The minimum absolute atomic E-state index is 0.0641. The van der Waals surface area contributed by atoms with E-state index in [-0.39, 0.29) is 10.8 Å². The van der Waals surface area contributed by atoms with E-state index in [4.69, 9.17) is 17.5 Å². The summed E-state index contributed by atoms with van der Waals surface area (Å²) in [6, 6.07) is 10.9. The summed E-state index contributed by atoms with van der Waals surface area (Å²) < 4.78 is 23.3. The highest BCUT2D eigenvalue weighted by molar-refractivity contribution is 14.1. The first-order chi connectivity index (χ1) is 49.5. The van der Waals surface area contributed by atoms with Crippen LogP contribution in [0.4, 0.5) is 0 Å². The molecule has 566 valence electrons. The van der Waals surface area contributed by atoms with Crippen LogP contribution >= 0.6 is 62.0 Å².